The van der Waals surface area contributed by atoms with Crippen LogP contribution >= 0.6 is 0 Å². The monoisotopic (exact) mass is 272 g/mol. The Balaban J connectivity index is 2.07. The Morgan fingerprint density at radius 2 is 1.83 bits per heavy atom. The molecule has 5 nitrogen and oxygen atoms in total. The average Bonchev–Trinajstić information content (AvgIpc) is 2.24. The van der Waals surface area contributed by atoms with E-state index >= 15 is 0 Å². The summed E-state index contributed by atoms with van der Waals surface area (Å²) in [4.78, 5) is 11.5. The van der Waals surface area contributed by atoms with Crippen molar-refractivity contribution in [2.45, 2.75) is 23.9 Å². The molecule has 0 bridgehead atoms. The van der Waals surface area contributed by atoms with Crippen LogP contribution < -0.4 is 10.5 Å². The number of nitrogens with two attached hydrogens (primary N) is 1. The molecule has 0 spiro atoms. The maximum atomic E-state index is 12.6. The van der Waals surface area contributed by atoms with Crippen LogP contribution in [0.3, 0.4) is 0 Å². The SMILES string of the molecule is Nc1ccc(S(=O)(=O)NC(=O)C2CC(F)C2)cc1. The second kappa shape index (κ2) is 4.56. The predicted molar refractivity (Wildman–Crippen MR) is 63.8 cm³/mol. The van der Waals surface area contributed by atoms with Crippen LogP contribution in [-0.2, 0) is 14.8 Å². The highest BCUT2D eigenvalue weighted by Gasteiger charge is 2.36. The molecule has 1 aliphatic carbocycles. The van der Waals surface area contributed by atoms with Gasteiger partial charge in [-0.3, -0.25) is 4.79 Å². The molecule has 0 atom stereocenters. The highest BCUT2D eigenvalue weighted by atomic mass is 32.2. The number of hydrogen-bond donors (Lipinski definition) is 2. The van der Waals surface area contributed by atoms with Gasteiger partial charge in [-0.05, 0) is 37.1 Å². The standard InChI is InChI=1S/C11H13FN2O3S/c12-8-5-7(6-8)11(15)14-18(16,17)10-3-1-9(13)2-4-10/h1-4,7-8H,5-6,13H2,(H,14,15). The number of amides is 1. The number of sulfonamides is 1. The molecule has 1 aromatic carbocycles. The lowest BCUT2D eigenvalue weighted by molar-refractivity contribution is -0.127. The lowest BCUT2D eigenvalue weighted by Gasteiger charge is -2.27. The van der Waals surface area contributed by atoms with Crippen molar-refractivity contribution in [3.05, 3.63) is 24.3 Å². The van der Waals surface area contributed by atoms with Crippen LogP contribution in [0.5, 0.6) is 0 Å². The molecule has 3 N–H and O–H groups in total. The van der Waals surface area contributed by atoms with Gasteiger partial charge in [0.25, 0.3) is 10.0 Å². The van der Waals surface area contributed by atoms with E-state index in [1.54, 1.807) is 0 Å². The van der Waals surface area contributed by atoms with E-state index in [2.05, 4.69) is 0 Å². The molecule has 1 saturated carbocycles. The molecule has 18 heavy (non-hydrogen) atoms. The number of benzene rings is 1. The average molecular weight is 272 g/mol. The number of carbonyl (C=O) groups is 1. The van der Waals surface area contributed by atoms with Crippen molar-refractivity contribution >= 4 is 21.6 Å². The minimum atomic E-state index is -3.89. The van der Waals surface area contributed by atoms with Crippen molar-refractivity contribution < 1.29 is 17.6 Å². The van der Waals surface area contributed by atoms with Gasteiger partial charge in [0.15, 0.2) is 0 Å². The zero-order valence-electron chi connectivity index (χ0n) is 9.47. The number of alkyl halides is 1. The highest BCUT2D eigenvalue weighted by molar-refractivity contribution is 7.90. The summed E-state index contributed by atoms with van der Waals surface area (Å²) >= 11 is 0. The zero-order chi connectivity index (χ0) is 13.3. The molecular formula is C11H13FN2O3S. The summed E-state index contributed by atoms with van der Waals surface area (Å²) in [6.45, 7) is 0. The van der Waals surface area contributed by atoms with Crippen LogP contribution in [0.25, 0.3) is 0 Å². The van der Waals surface area contributed by atoms with Gasteiger partial charge in [-0.2, -0.15) is 0 Å². The molecule has 2 rings (SSSR count). The lowest BCUT2D eigenvalue weighted by atomic mass is 9.83. The number of nitrogen functional groups attached to an aromatic ring is 1. The van der Waals surface area contributed by atoms with Crippen LogP contribution in [0.2, 0.25) is 0 Å². The van der Waals surface area contributed by atoms with E-state index in [0.29, 0.717) is 5.69 Å². The molecule has 0 saturated heterocycles. The van der Waals surface area contributed by atoms with E-state index in [1.807, 2.05) is 4.72 Å². The number of anilines is 1. The number of halogens is 1. The van der Waals surface area contributed by atoms with Gasteiger partial charge < -0.3 is 5.73 Å². The van der Waals surface area contributed by atoms with E-state index in [-0.39, 0.29) is 17.7 Å². The molecule has 1 amide bonds. The zero-order valence-corrected chi connectivity index (χ0v) is 10.3. The normalized spacial score (nSPS) is 23.2. The molecule has 1 aliphatic rings. The number of rotatable bonds is 3. The number of hydrogen-bond acceptors (Lipinski definition) is 4. The van der Waals surface area contributed by atoms with Gasteiger partial charge in [-0.1, -0.05) is 0 Å². The largest absolute Gasteiger partial charge is 0.399 e. The van der Waals surface area contributed by atoms with E-state index in [4.69, 9.17) is 5.73 Å². The van der Waals surface area contributed by atoms with Gasteiger partial charge in [0.05, 0.1) is 4.90 Å². The van der Waals surface area contributed by atoms with Crippen molar-refractivity contribution in [2.75, 3.05) is 5.73 Å². The predicted octanol–water partition coefficient (Wildman–Crippen LogP) is 0.822. The first-order valence-corrected chi connectivity index (χ1v) is 6.93. The maximum absolute atomic E-state index is 12.6. The summed E-state index contributed by atoms with van der Waals surface area (Å²) in [6.07, 6.45) is -0.827. The third-order valence-corrected chi connectivity index (χ3v) is 4.24. The van der Waals surface area contributed by atoms with Crippen LogP contribution in [0.15, 0.2) is 29.2 Å². The molecule has 0 heterocycles. The maximum Gasteiger partial charge on any atom is 0.264 e. The quantitative estimate of drug-likeness (QED) is 0.797. The fraction of sp³-hybridized carbons (Fsp3) is 0.364. The fourth-order valence-corrected chi connectivity index (χ4v) is 2.73. The van der Waals surface area contributed by atoms with Gasteiger partial charge >= 0.3 is 0 Å². The third kappa shape index (κ3) is 2.61. The van der Waals surface area contributed by atoms with E-state index in [0.717, 1.165) is 0 Å². The molecule has 1 aromatic rings. The van der Waals surface area contributed by atoms with Gasteiger partial charge in [0.1, 0.15) is 6.17 Å². The fourth-order valence-electron chi connectivity index (χ4n) is 1.68. The number of carbonyl (C=O) groups excluding carboxylic acids is 1. The molecule has 0 radical (unpaired) electrons. The van der Waals surface area contributed by atoms with Gasteiger partial charge in [-0.15, -0.1) is 0 Å². The summed E-state index contributed by atoms with van der Waals surface area (Å²) in [6, 6.07) is 5.48. The van der Waals surface area contributed by atoms with Crippen molar-refractivity contribution in [1.82, 2.24) is 4.72 Å². The Morgan fingerprint density at radius 3 is 2.33 bits per heavy atom. The Hall–Kier alpha value is -1.63. The van der Waals surface area contributed by atoms with E-state index in [1.165, 1.54) is 24.3 Å². The first-order valence-electron chi connectivity index (χ1n) is 5.45. The smallest absolute Gasteiger partial charge is 0.264 e. The Bertz CT molecular complexity index is 550. The Morgan fingerprint density at radius 1 is 1.28 bits per heavy atom. The Kier molecular flexibility index (Phi) is 3.25. The van der Waals surface area contributed by atoms with Crippen LogP contribution in [0, 0.1) is 5.92 Å². The summed E-state index contributed by atoms with van der Waals surface area (Å²) in [5, 5.41) is 0. The van der Waals surface area contributed by atoms with Crippen molar-refractivity contribution in [3.8, 4) is 0 Å². The van der Waals surface area contributed by atoms with Crippen LogP contribution in [0.1, 0.15) is 12.8 Å². The molecule has 0 aromatic heterocycles. The molecule has 98 valence electrons. The summed E-state index contributed by atoms with van der Waals surface area (Å²) in [5.41, 5.74) is 5.87. The topological polar surface area (TPSA) is 89.3 Å². The van der Waals surface area contributed by atoms with E-state index < -0.39 is 28.0 Å². The number of nitrogens with one attached hydrogen (secondary N) is 1. The van der Waals surface area contributed by atoms with Gasteiger partial charge in [0.2, 0.25) is 5.91 Å². The first-order chi connectivity index (χ1) is 8.38. The summed E-state index contributed by atoms with van der Waals surface area (Å²) in [7, 11) is -3.89. The van der Waals surface area contributed by atoms with Crippen LogP contribution in [0.4, 0.5) is 10.1 Å². The summed E-state index contributed by atoms with van der Waals surface area (Å²) in [5.74, 6) is -1.20. The Labute approximate surface area is 104 Å². The summed E-state index contributed by atoms with van der Waals surface area (Å²) < 4.78 is 38.2. The molecule has 1 fully saturated rings. The van der Waals surface area contributed by atoms with Crippen molar-refractivity contribution in [1.29, 1.82) is 0 Å². The van der Waals surface area contributed by atoms with Gasteiger partial charge in [0, 0.05) is 11.6 Å². The van der Waals surface area contributed by atoms with E-state index in [9.17, 15) is 17.6 Å². The third-order valence-electron chi connectivity index (χ3n) is 2.88. The molecule has 0 aliphatic heterocycles. The lowest BCUT2D eigenvalue weighted by Crippen LogP contribution is -2.42. The van der Waals surface area contributed by atoms with Gasteiger partial charge in [-0.25, -0.2) is 17.5 Å². The molecule has 0 unspecified atom stereocenters. The van der Waals surface area contributed by atoms with Crippen molar-refractivity contribution in [2.24, 2.45) is 5.92 Å². The second-order valence-corrected chi connectivity index (χ2v) is 5.99. The highest BCUT2D eigenvalue weighted by Crippen LogP contribution is 2.30. The minimum absolute atomic E-state index is 0.0406. The minimum Gasteiger partial charge on any atom is -0.399 e. The van der Waals surface area contributed by atoms with Crippen LogP contribution in [-0.4, -0.2) is 20.5 Å². The van der Waals surface area contributed by atoms with Crippen molar-refractivity contribution in [3.63, 3.8) is 0 Å². The molecular weight excluding hydrogens is 259 g/mol. The molecule has 7 heteroatoms. The first kappa shape index (κ1) is 12.8. The second-order valence-electron chi connectivity index (χ2n) is 4.30.